The first-order valence-electron chi connectivity index (χ1n) is 13.5. The third-order valence-electron chi connectivity index (χ3n) is 7.23. The van der Waals surface area contributed by atoms with Crippen LogP contribution in [0.15, 0.2) is 71.1 Å². The van der Waals surface area contributed by atoms with Crippen molar-refractivity contribution >= 4 is 46.5 Å². The summed E-state index contributed by atoms with van der Waals surface area (Å²) in [6.07, 6.45) is 4.89. The second-order valence-corrected chi connectivity index (χ2v) is 10.9. The number of fused-ring (bicyclic) bond motifs is 1. The van der Waals surface area contributed by atoms with Crippen molar-refractivity contribution in [2.24, 2.45) is 0 Å². The smallest absolute Gasteiger partial charge is 0.232 e. The molecule has 7 nitrogen and oxygen atoms in total. The van der Waals surface area contributed by atoms with Crippen LogP contribution in [-0.2, 0) is 19.6 Å². The van der Waals surface area contributed by atoms with Crippen molar-refractivity contribution in [1.29, 1.82) is 0 Å². The summed E-state index contributed by atoms with van der Waals surface area (Å²) in [5.41, 5.74) is 3.66. The molecule has 0 bridgehead atoms. The van der Waals surface area contributed by atoms with Crippen LogP contribution in [0.2, 0.25) is 5.02 Å². The topological polar surface area (TPSA) is 69.5 Å². The van der Waals surface area contributed by atoms with Gasteiger partial charge in [0.1, 0.15) is 23.2 Å². The molecule has 0 spiro atoms. The van der Waals surface area contributed by atoms with E-state index in [1.807, 2.05) is 36.4 Å². The van der Waals surface area contributed by atoms with Crippen molar-refractivity contribution in [2.45, 2.75) is 45.3 Å². The van der Waals surface area contributed by atoms with Crippen molar-refractivity contribution in [1.82, 2.24) is 15.3 Å². The van der Waals surface area contributed by atoms with Crippen LogP contribution in [0, 0.1) is 0 Å². The van der Waals surface area contributed by atoms with Gasteiger partial charge in [0.2, 0.25) is 5.95 Å². The second kappa shape index (κ2) is 11.6. The highest BCUT2D eigenvalue weighted by molar-refractivity contribution is 7.80. The van der Waals surface area contributed by atoms with Gasteiger partial charge in [0.25, 0.3) is 0 Å². The molecule has 2 N–H and O–H groups in total. The molecule has 0 atom stereocenters. The van der Waals surface area contributed by atoms with E-state index >= 15 is 0 Å². The van der Waals surface area contributed by atoms with Crippen molar-refractivity contribution in [3.8, 4) is 11.3 Å². The third-order valence-corrected chi connectivity index (χ3v) is 7.73. The summed E-state index contributed by atoms with van der Waals surface area (Å²) in [6, 6.07) is 22.2. The molecule has 2 aliphatic heterocycles. The fraction of sp³-hybridized carbons (Fsp3) is 0.300. The molecular formula is C30H31ClN6OS. The molecule has 2 aliphatic rings. The lowest BCUT2D eigenvalue weighted by Crippen LogP contribution is -2.30. The Morgan fingerprint density at radius 1 is 0.846 bits per heavy atom. The molecule has 0 aliphatic carbocycles. The Labute approximate surface area is 239 Å². The van der Waals surface area contributed by atoms with E-state index in [1.165, 1.54) is 36.8 Å². The van der Waals surface area contributed by atoms with E-state index in [0.717, 1.165) is 54.9 Å². The fourth-order valence-electron chi connectivity index (χ4n) is 5.15. The van der Waals surface area contributed by atoms with E-state index in [-0.39, 0.29) is 0 Å². The van der Waals surface area contributed by atoms with Crippen LogP contribution >= 0.6 is 23.8 Å². The number of aromatic nitrogens is 2. The van der Waals surface area contributed by atoms with Gasteiger partial charge in [0.15, 0.2) is 5.11 Å². The summed E-state index contributed by atoms with van der Waals surface area (Å²) in [5.74, 6) is 3.92. The first kappa shape index (κ1) is 25.6. The largest absolute Gasteiger partial charge is 0.459 e. The van der Waals surface area contributed by atoms with Gasteiger partial charge in [-0.15, -0.1) is 0 Å². The molecule has 1 saturated heterocycles. The molecule has 0 radical (unpaired) electrons. The number of nitrogens with zero attached hydrogens (tertiary/aromatic N) is 4. The van der Waals surface area contributed by atoms with Crippen LogP contribution in [0.4, 0.5) is 17.6 Å². The molecule has 0 saturated carbocycles. The third kappa shape index (κ3) is 6.18. The highest BCUT2D eigenvalue weighted by atomic mass is 35.5. The molecule has 0 amide bonds. The van der Waals surface area contributed by atoms with E-state index in [1.54, 1.807) is 0 Å². The Bertz CT molecular complexity index is 1420. The van der Waals surface area contributed by atoms with E-state index < -0.39 is 0 Å². The zero-order valence-corrected chi connectivity index (χ0v) is 23.3. The van der Waals surface area contributed by atoms with E-state index in [2.05, 4.69) is 50.8 Å². The first-order chi connectivity index (χ1) is 19.1. The van der Waals surface area contributed by atoms with Crippen LogP contribution in [0.5, 0.6) is 0 Å². The van der Waals surface area contributed by atoms with Gasteiger partial charge in [-0.3, -0.25) is 0 Å². The van der Waals surface area contributed by atoms with Gasteiger partial charge >= 0.3 is 0 Å². The summed E-state index contributed by atoms with van der Waals surface area (Å²) < 4.78 is 6.00. The van der Waals surface area contributed by atoms with Gasteiger partial charge in [-0.2, -0.15) is 9.97 Å². The normalized spacial score (nSPS) is 15.1. The number of furan rings is 1. The minimum atomic E-state index is 0.444. The first-order valence-corrected chi connectivity index (χ1v) is 14.2. The molecule has 2 aromatic carbocycles. The number of halogens is 1. The van der Waals surface area contributed by atoms with E-state index in [4.69, 9.17) is 38.2 Å². The molecule has 2 aromatic heterocycles. The summed E-state index contributed by atoms with van der Waals surface area (Å²) in [4.78, 5) is 14.4. The molecule has 0 unspecified atom stereocenters. The van der Waals surface area contributed by atoms with Crippen LogP contribution in [0.1, 0.15) is 42.6 Å². The standard InChI is InChI=1S/C30H31ClN6OS/c31-24-11-9-21(10-12-24)26-14-13-25(38-26)18-32-30(39)35-29-33-27(36-15-5-1-2-6-16-36)17-28(34-29)37-19-22-7-3-4-8-23(22)20-37/h3-4,7-14,17H,1-2,5-6,15-16,18-20H2,(H2,32,33,34,35,39). The molecule has 200 valence electrons. The number of nitrogens with one attached hydrogen (secondary N) is 2. The average molecular weight is 559 g/mol. The number of hydrogen-bond acceptors (Lipinski definition) is 6. The van der Waals surface area contributed by atoms with E-state index in [9.17, 15) is 0 Å². The zero-order chi connectivity index (χ0) is 26.6. The summed E-state index contributed by atoms with van der Waals surface area (Å²) in [5, 5.41) is 7.60. The summed E-state index contributed by atoms with van der Waals surface area (Å²) in [6.45, 7) is 4.13. The van der Waals surface area contributed by atoms with Crippen LogP contribution in [0.3, 0.4) is 0 Å². The maximum atomic E-state index is 6.01. The molecular weight excluding hydrogens is 528 g/mol. The van der Waals surface area contributed by atoms with Crippen molar-refractivity contribution in [2.75, 3.05) is 28.2 Å². The van der Waals surface area contributed by atoms with Gasteiger partial charge in [-0.25, -0.2) is 0 Å². The number of anilines is 3. The quantitative estimate of drug-likeness (QED) is 0.251. The summed E-state index contributed by atoms with van der Waals surface area (Å²) in [7, 11) is 0. The Kier molecular flexibility index (Phi) is 7.65. The predicted molar refractivity (Wildman–Crippen MR) is 161 cm³/mol. The zero-order valence-electron chi connectivity index (χ0n) is 21.7. The van der Waals surface area contributed by atoms with Gasteiger partial charge in [0, 0.05) is 42.8 Å². The number of benzene rings is 2. The van der Waals surface area contributed by atoms with Gasteiger partial charge < -0.3 is 24.9 Å². The minimum Gasteiger partial charge on any atom is -0.459 e. The Morgan fingerprint density at radius 3 is 2.21 bits per heavy atom. The fourth-order valence-corrected chi connectivity index (χ4v) is 5.44. The van der Waals surface area contributed by atoms with Crippen molar-refractivity contribution in [3.63, 3.8) is 0 Å². The molecule has 4 aromatic rings. The average Bonchev–Trinajstić information content (AvgIpc) is 3.52. The SMILES string of the molecule is S=C(NCc1ccc(-c2ccc(Cl)cc2)o1)Nc1nc(N2CCCCCC2)cc(N2Cc3ccccc3C2)n1. The molecule has 9 heteroatoms. The predicted octanol–water partition coefficient (Wildman–Crippen LogP) is 6.78. The number of thiocarbonyl (C=S) groups is 1. The highest BCUT2D eigenvalue weighted by Gasteiger charge is 2.22. The van der Waals surface area contributed by atoms with E-state index in [0.29, 0.717) is 22.6 Å². The maximum Gasteiger partial charge on any atom is 0.232 e. The van der Waals surface area contributed by atoms with Crippen LogP contribution in [-0.4, -0.2) is 28.2 Å². The lowest BCUT2D eigenvalue weighted by molar-refractivity contribution is 0.516. The van der Waals surface area contributed by atoms with Crippen molar-refractivity contribution < 1.29 is 4.42 Å². The van der Waals surface area contributed by atoms with Crippen LogP contribution < -0.4 is 20.4 Å². The Balaban J connectivity index is 1.16. The Morgan fingerprint density at radius 2 is 1.51 bits per heavy atom. The molecule has 4 heterocycles. The van der Waals surface area contributed by atoms with Gasteiger partial charge in [-0.1, -0.05) is 48.7 Å². The highest BCUT2D eigenvalue weighted by Crippen LogP contribution is 2.30. The molecule has 1 fully saturated rings. The second-order valence-electron chi connectivity index (χ2n) is 10.0. The lowest BCUT2D eigenvalue weighted by Gasteiger charge is -2.25. The summed E-state index contributed by atoms with van der Waals surface area (Å²) >= 11 is 11.6. The monoisotopic (exact) mass is 558 g/mol. The Hall–Kier alpha value is -3.62. The maximum absolute atomic E-state index is 6.01. The molecule has 6 rings (SSSR count). The van der Waals surface area contributed by atoms with Crippen molar-refractivity contribution in [3.05, 3.63) is 88.6 Å². The van der Waals surface area contributed by atoms with Gasteiger partial charge in [0.05, 0.1) is 6.54 Å². The molecule has 39 heavy (non-hydrogen) atoms. The van der Waals surface area contributed by atoms with Crippen LogP contribution in [0.25, 0.3) is 11.3 Å². The number of rotatable bonds is 6. The van der Waals surface area contributed by atoms with Gasteiger partial charge in [-0.05, 0) is 72.6 Å². The lowest BCUT2D eigenvalue weighted by atomic mass is 10.1. The minimum absolute atomic E-state index is 0.444. The number of hydrogen-bond donors (Lipinski definition) is 2.